The molecule has 0 bridgehead atoms. The average Bonchev–Trinajstić information content (AvgIpc) is 3.59. The van der Waals surface area contributed by atoms with Gasteiger partial charge in [0.05, 0.1) is 17.3 Å². The predicted molar refractivity (Wildman–Crippen MR) is 195 cm³/mol. The lowest BCUT2D eigenvalue weighted by Gasteiger charge is -2.29. The second-order valence-electron chi connectivity index (χ2n) is 13.9. The highest BCUT2D eigenvalue weighted by atomic mass is 19.1. The van der Waals surface area contributed by atoms with Crippen LogP contribution in [0.15, 0.2) is 94.9 Å². The van der Waals surface area contributed by atoms with E-state index in [1.807, 2.05) is 18.2 Å². The molecular formula is C40H39F2N7O3. The lowest BCUT2D eigenvalue weighted by atomic mass is 9.82. The Bertz CT molecular complexity index is 2390. The van der Waals surface area contributed by atoms with Gasteiger partial charge in [-0.1, -0.05) is 36.4 Å². The largest absolute Gasteiger partial charge is 0.337 e. The van der Waals surface area contributed by atoms with Gasteiger partial charge in [-0.25, -0.2) is 28.1 Å². The molecule has 1 saturated carbocycles. The summed E-state index contributed by atoms with van der Waals surface area (Å²) in [6.45, 7) is 5.19. The minimum atomic E-state index is -0.663. The molecule has 1 aliphatic heterocycles. The number of carbonyl (C=O) groups excluding carboxylic acids is 1. The molecular weight excluding hydrogens is 664 g/mol. The van der Waals surface area contributed by atoms with Gasteiger partial charge in [-0.2, -0.15) is 0 Å². The number of fused-ring (bicyclic) bond motifs is 2. The van der Waals surface area contributed by atoms with E-state index in [0.717, 1.165) is 62.5 Å². The van der Waals surface area contributed by atoms with E-state index < -0.39 is 28.9 Å². The van der Waals surface area contributed by atoms with Crippen molar-refractivity contribution in [3.05, 3.63) is 129 Å². The molecule has 0 atom stereocenters. The van der Waals surface area contributed by atoms with Gasteiger partial charge in [0.15, 0.2) is 11.4 Å². The number of nitrogens with one attached hydrogen (secondary N) is 1. The van der Waals surface area contributed by atoms with Crippen molar-refractivity contribution < 1.29 is 13.6 Å². The molecule has 0 radical (unpaired) electrons. The van der Waals surface area contributed by atoms with Crippen LogP contribution < -0.4 is 16.6 Å². The van der Waals surface area contributed by atoms with Gasteiger partial charge in [-0.05, 0) is 85.0 Å². The van der Waals surface area contributed by atoms with Crippen molar-refractivity contribution in [2.24, 2.45) is 5.92 Å². The maximum Gasteiger partial charge on any atom is 0.337 e. The topological polar surface area (TPSA) is 107 Å². The molecule has 10 nitrogen and oxygen atoms in total. The Labute approximate surface area is 298 Å². The first-order valence-electron chi connectivity index (χ1n) is 17.9. The number of hydrogen-bond acceptors (Lipinski definition) is 7. The van der Waals surface area contributed by atoms with Crippen LogP contribution in [-0.4, -0.2) is 66.9 Å². The first kappa shape index (κ1) is 33.8. The summed E-state index contributed by atoms with van der Waals surface area (Å²) in [4.78, 5) is 52.4. The maximum absolute atomic E-state index is 14.5. The summed E-state index contributed by atoms with van der Waals surface area (Å²) < 4.78 is 32.3. The highest BCUT2D eigenvalue weighted by Gasteiger charge is 2.29. The number of piperazine rings is 1. The van der Waals surface area contributed by atoms with Crippen LogP contribution in [0.2, 0.25) is 0 Å². The van der Waals surface area contributed by atoms with Gasteiger partial charge in [0.25, 0.3) is 5.56 Å². The van der Waals surface area contributed by atoms with Gasteiger partial charge in [-0.3, -0.25) is 14.2 Å². The first-order chi connectivity index (χ1) is 25.3. The molecule has 2 aromatic carbocycles. The monoisotopic (exact) mass is 703 g/mol. The van der Waals surface area contributed by atoms with E-state index in [0.29, 0.717) is 37.0 Å². The van der Waals surface area contributed by atoms with E-state index in [1.165, 1.54) is 43.6 Å². The lowest BCUT2D eigenvalue weighted by Crippen LogP contribution is -2.44. The Morgan fingerprint density at radius 3 is 2.44 bits per heavy atom. The van der Waals surface area contributed by atoms with Gasteiger partial charge in [0.1, 0.15) is 23.0 Å². The molecule has 1 N–H and O–H groups in total. The van der Waals surface area contributed by atoms with Crippen molar-refractivity contribution in [1.29, 1.82) is 0 Å². The van der Waals surface area contributed by atoms with Crippen molar-refractivity contribution in [2.45, 2.75) is 44.6 Å². The molecule has 8 rings (SSSR count). The fourth-order valence-electron chi connectivity index (χ4n) is 7.72. The first-order valence-corrected chi connectivity index (χ1v) is 17.9. The third kappa shape index (κ3) is 6.83. The van der Waals surface area contributed by atoms with Crippen molar-refractivity contribution >= 4 is 22.5 Å². The SMILES string of the molecule is O=C(CC1CCC(n2c(=O)c3cc(F)cnc3n(-c3cccc(-c4ccc(CCN5CCNCC5)cc4)c3)c2=O)CC1)c1cn2cc(F)ccc2n1. The van der Waals surface area contributed by atoms with E-state index in [9.17, 15) is 23.2 Å². The number of rotatable bonds is 9. The van der Waals surface area contributed by atoms with Gasteiger partial charge < -0.3 is 14.6 Å². The number of pyridine rings is 2. The average molecular weight is 704 g/mol. The summed E-state index contributed by atoms with van der Waals surface area (Å²) in [6, 6.07) is 19.5. The Morgan fingerprint density at radius 2 is 1.65 bits per heavy atom. The zero-order valence-electron chi connectivity index (χ0n) is 28.7. The summed E-state index contributed by atoms with van der Waals surface area (Å²) in [7, 11) is 0. The third-order valence-electron chi connectivity index (χ3n) is 10.6. The zero-order valence-corrected chi connectivity index (χ0v) is 28.7. The van der Waals surface area contributed by atoms with Crippen molar-refractivity contribution in [3.8, 4) is 16.8 Å². The molecule has 4 aromatic heterocycles. The number of nitrogens with zero attached hydrogens (tertiary/aromatic N) is 6. The van der Waals surface area contributed by atoms with Crippen LogP contribution in [0.4, 0.5) is 8.78 Å². The maximum atomic E-state index is 14.5. The van der Waals surface area contributed by atoms with Gasteiger partial charge in [0.2, 0.25) is 0 Å². The van der Waals surface area contributed by atoms with Gasteiger partial charge in [-0.15, -0.1) is 0 Å². The number of benzene rings is 2. The Kier molecular flexibility index (Phi) is 9.33. The number of ketones is 1. The van der Waals surface area contributed by atoms with Gasteiger partial charge >= 0.3 is 5.69 Å². The molecule has 12 heteroatoms. The summed E-state index contributed by atoms with van der Waals surface area (Å²) in [5.74, 6) is -1.18. The molecule has 266 valence electrons. The summed E-state index contributed by atoms with van der Waals surface area (Å²) in [5.41, 5.74) is 3.42. The molecule has 0 amide bonds. The second kappa shape index (κ2) is 14.4. The molecule has 2 aliphatic rings. The van der Waals surface area contributed by atoms with E-state index in [1.54, 1.807) is 6.07 Å². The fourth-order valence-corrected chi connectivity index (χ4v) is 7.72. The zero-order chi connectivity index (χ0) is 35.8. The highest BCUT2D eigenvalue weighted by Crippen LogP contribution is 2.34. The standard InChI is InChI=1S/C40H39F2N7O3/c41-30-10-13-37-45-35(25-47(37)24-30)36(50)20-27-6-11-32(12-7-27)49-39(51)34-22-31(42)23-44-38(34)48(40(49)52)33-3-1-2-29(21-33)28-8-4-26(5-9-28)14-17-46-18-15-43-16-19-46/h1-5,8-10,13,21-25,27,32,43H,6-7,11-12,14-20H2. The Morgan fingerprint density at radius 1 is 0.865 bits per heavy atom. The quantitative estimate of drug-likeness (QED) is 0.196. The Hall–Kier alpha value is -5.33. The molecule has 52 heavy (non-hydrogen) atoms. The highest BCUT2D eigenvalue weighted by molar-refractivity contribution is 5.95. The van der Waals surface area contributed by atoms with E-state index in [2.05, 4.69) is 44.5 Å². The molecule has 5 heterocycles. The molecule has 0 unspecified atom stereocenters. The Balaban J connectivity index is 1.04. The molecule has 6 aromatic rings. The van der Waals surface area contributed by atoms with E-state index >= 15 is 0 Å². The van der Waals surface area contributed by atoms with Gasteiger partial charge in [0, 0.05) is 57.6 Å². The molecule has 1 aliphatic carbocycles. The summed E-state index contributed by atoms with van der Waals surface area (Å²) >= 11 is 0. The normalized spacial score (nSPS) is 18.3. The third-order valence-corrected chi connectivity index (χ3v) is 10.6. The fraction of sp³-hybridized carbons (Fsp3) is 0.325. The van der Waals surface area contributed by atoms with E-state index in [4.69, 9.17) is 0 Å². The molecule has 1 saturated heterocycles. The number of aromatic nitrogens is 5. The number of Topliss-reactive ketones (excluding diaryl/α,β-unsaturated/α-hetero) is 1. The predicted octanol–water partition coefficient (Wildman–Crippen LogP) is 5.59. The van der Waals surface area contributed by atoms with Crippen molar-refractivity contribution in [1.82, 2.24) is 33.7 Å². The van der Waals surface area contributed by atoms with Crippen LogP contribution in [0.5, 0.6) is 0 Å². The summed E-state index contributed by atoms with van der Waals surface area (Å²) in [5, 5.41) is 3.42. The minimum Gasteiger partial charge on any atom is -0.314 e. The smallest absolute Gasteiger partial charge is 0.314 e. The van der Waals surface area contributed by atoms with Crippen LogP contribution in [0.25, 0.3) is 33.5 Å². The molecule has 0 spiro atoms. The van der Waals surface area contributed by atoms with Crippen LogP contribution in [0, 0.1) is 17.6 Å². The number of halogens is 2. The van der Waals surface area contributed by atoms with Crippen LogP contribution >= 0.6 is 0 Å². The molecule has 2 fully saturated rings. The van der Waals surface area contributed by atoms with Crippen LogP contribution in [0.1, 0.15) is 54.2 Å². The number of imidazole rings is 1. The summed E-state index contributed by atoms with van der Waals surface area (Å²) in [6.07, 6.45) is 7.29. The van der Waals surface area contributed by atoms with Crippen LogP contribution in [-0.2, 0) is 6.42 Å². The minimum absolute atomic E-state index is 0.0272. The lowest BCUT2D eigenvalue weighted by molar-refractivity contribution is 0.0938. The van der Waals surface area contributed by atoms with Crippen molar-refractivity contribution in [3.63, 3.8) is 0 Å². The van der Waals surface area contributed by atoms with E-state index in [-0.39, 0.29) is 34.8 Å². The van der Waals surface area contributed by atoms with Crippen molar-refractivity contribution in [2.75, 3.05) is 32.7 Å². The number of carbonyl (C=O) groups is 1. The number of hydrogen-bond donors (Lipinski definition) is 1. The second-order valence-corrected chi connectivity index (χ2v) is 13.9. The van der Waals surface area contributed by atoms with Crippen LogP contribution in [0.3, 0.4) is 0 Å².